The van der Waals surface area contributed by atoms with E-state index in [0.717, 1.165) is 0 Å². The molecule has 4 nitrogen and oxygen atoms in total. The van der Waals surface area contributed by atoms with Crippen molar-refractivity contribution in [2.24, 2.45) is 5.73 Å². The van der Waals surface area contributed by atoms with Gasteiger partial charge in [0.15, 0.2) is 0 Å². The van der Waals surface area contributed by atoms with E-state index in [1.165, 1.54) is 12.1 Å². The standard InChI is InChI=1S/C9H8N2O2/c10-3-5-1-6(12)2-7-8(11)4-13-9(5)7/h1-2,8,12H,4,11H2/t8-/m0/s1. The molecule has 13 heavy (non-hydrogen) atoms. The van der Waals surface area contributed by atoms with E-state index in [-0.39, 0.29) is 11.8 Å². The van der Waals surface area contributed by atoms with E-state index >= 15 is 0 Å². The van der Waals surface area contributed by atoms with Crippen LogP contribution in [0.2, 0.25) is 0 Å². The lowest BCUT2D eigenvalue weighted by Crippen LogP contribution is -2.10. The molecule has 66 valence electrons. The summed E-state index contributed by atoms with van der Waals surface area (Å²) < 4.78 is 5.23. The first-order chi connectivity index (χ1) is 6.22. The van der Waals surface area contributed by atoms with Crippen LogP contribution in [-0.2, 0) is 0 Å². The van der Waals surface area contributed by atoms with Crippen LogP contribution in [0.5, 0.6) is 11.5 Å². The van der Waals surface area contributed by atoms with Crippen LogP contribution in [0, 0.1) is 11.3 Å². The predicted octanol–water partition coefficient (Wildman–Crippen LogP) is 0.656. The van der Waals surface area contributed by atoms with Crippen molar-refractivity contribution in [3.8, 4) is 17.6 Å². The fourth-order valence-corrected chi connectivity index (χ4v) is 1.42. The molecule has 1 aromatic carbocycles. The van der Waals surface area contributed by atoms with Crippen molar-refractivity contribution < 1.29 is 9.84 Å². The molecular formula is C9H8N2O2. The van der Waals surface area contributed by atoms with Gasteiger partial charge in [-0.2, -0.15) is 5.26 Å². The monoisotopic (exact) mass is 176 g/mol. The van der Waals surface area contributed by atoms with Crippen molar-refractivity contribution in [2.75, 3.05) is 6.61 Å². The van der Waals surface area contributed by atoms with Crippen molar-refractivity contribution >= 4 is 0 Å². The van der Waals surface area contributed by atoms with Crippen LogP contribution in [-0.4, -0.2) is 11.7 Å². The molecule has 0 spiro atoms. The molecule has 1 heterocycles. The number of nitrogens with zero attached hydrogens (tertiary/aromatic N) is 1. The van der Waals surface area contributed by atoms with Gasteiger partial charge in [-0.1, -0.05) is 0 Å². The summed E-state index contributed by atoms with van der Waals surface area (Å²) in [7, 11) is 0. The zero-order valence-electron chi connectivity index (χ0n) is 6.82. The summed E-state index contributed by atoms with van der Waals surface area (Å²) in [5.41, 5.74) is 6.73. The fourth-order valence-electron chi connectivity index (χ4n) is 1.42. The molecule has 0 radical (unpaired) electrons. The van der Waals surface area contributed by atoms with Gasteiger partial charge >= 0.3 is 0 Å². The van der Waals surface area contributed by atoms with Gasteiger partial charge in [-0.3, -0.25) is 0 Å². The normalized spacial score (nSPS) is 18.9. The van der Waals surface area contributed by atoms with Gasteiger partial charge in [-0.15, -0.1) is 0 Å². The molecule has 0 fully saturated rings. The molecule has 0 saturated heterocycles. The zero-order chi connectivity index (χ0) is 9.42. The minimum Gasteiger partial charge on any atom is -0.508 e. The number of ether oxygens (including phenoxy) is 1. The van der Waals surface area contributed by atoms with Gasteiger partial charge < -0.3 is 15.6 Å². The number of fused-ring (bicyclic) bond motifs is 1. The second-order valence-electron chi connectivity index (χ2n) is 2.94. The number of phenolic OH excluding ortho intramolecular Hbond substituents is 1. The predicted molar refractivity (Wildman–Crippen MR) is 45.2 cm³/mol. The highest BCUT2D eigenvalue weighted by atomic mass is 16.5. The van der Waals surface area contributed by atoms with Gasteiger partial charge in [0.2, 0.25) is 0 Å². The average Bonchev–Trinajstić information content (AvgIpc) is 2.47. The number of nitriles is 1. The van der Waals surface area contributed by atoms with Gasteiger partial charge in [0.05, 0.1) is 11.6 Å². The summed E-state index contributed by atoms with van der Waals surface area (Å²) in [4.78, 5) is 0. The third-order valence-electron chi connectivity index (χ3n) is 2.03. The molecule has 0 amide bonds. The Bertz CT molecular complexity index is 395. The van der Waals surface area contributed by atoms with Gasteiger partial charge in [0.25, 0.3) is 0 Å². The Morgan fingerprint density at radius 1 is 1.62 bits per heavy atom. The average molecular weight is 176 g/mol. The number of benzene rings is 1. The Morgan fingerprint density at radius 3 is 3.08 bits per heavy atom. The SMILES string of the molecule is N#Cc1cc(O)cc2c1OC[C@@H]2N. The van der Waals surface area contributed by atoms with Gasteiger partial charge in [-0.25, -0.2) is 0 Å². The summed E-state index contributed by atoms with van der Waals surface area (Å²) in [6.07, 6.45) is 0. The van der Waals surface area contributed by atoms with E-state index in [9.17, 15) is 5.11 Å². The fraction of sp³-hybridized carbons (Fsp3) is 0.222. The number of hydrogen-bond acceptors (Lipinski definition) is 4. The first-order valence-electron chi connectivity index (χ1n) is 3.87. The highest BCUT2D eigenvalue weighted by Crippen LogP contribution is 2.36. The number of phenols is 1. The Morgan fingerprint density at radius 2 is 2.38 bits per heavy atom. The minimum absolute atomic E-state index is 0.0521. The maximum atomic E-state index is 9.26. The minimum atomic E-state index is -0.241. The summed E-state index contributed by atoms with van der Waals surface area (Å²) in [5.74, 6) is 0.559. The van der Waals surface area contributed by atoms with Crippen LogP contribution in [0.15, 0.2) is 12.1 Å². The van der Waals surface area contributed by atoms with Crippen LogP contribution < -0.4 is 10.5 Å². The quantitative estimate of drug-likeness (QED) is 0.608. The van der Waals surface area contributed by atoms with Crippen molar-refractivity contribution in [3.05, 3.63) is 23.3 Å². The third kappa shape index (κ3) is 1.10. The molecule has 4 heteroatoms. The summed E-state index contributed by atoms with van der Waals surface area (Å²) >= 11 is 0. The molecule has 0 aliphatic carbocycles. The van der Waals surface area contributed by atoms with E-state index in [1.54, 1.807) is 0 Å². The largest absolute Gasteiger partial charge is 0.508 e. The second kappa shape index (κ2) is 2.64. The topological polar surface area (TPSA) is 79.3 Å². The highest BCUT2D eigenvalue weighted by Gasteiger charge is 2.24. The van der Waals surface area contributed by atoms with Crippen molar-refractivity contribution in [1.82, 2.24) is 0 Å². The Labute approximate surface area is 75.2 Å². The van der Waals surface area contributed by atoms with Crippen molar-refractivity contribution in [2.45, 2.75) is 6.04 Å². The molecule has 3 N–H and O–H groups in total. The molecule has 0 aromatic heterocycles. The van der Waals surface area contributed by atoms with Crippen LogP contribution in [0.1, 0.15) is 17.2 Å². The van der Waals surface area contributed by atoms with E-state index < -0.39 is 0 Å². The highest BCUT2D eigenvalue weighted by molar-refractivity contribution is 5.55. The number of aromatic hydroxyl groups is 1. The maximum Gasteiger partial charge on any atom is 0.142 e. The Hall–Kier alpha value is -1.73. The summed E-state index contributed by atoms with van der Waals surface area (Å²) in [5, 5.41) is 18.0. The van der Waals surface area contributed by atoms with E-state index in [2.05, 4.69) is 0 Å². The summed E-state index contributed by atoms with van der Waals surface area (Å²) in [6, 6.07) is 4.61. The smallest absolute Gasteiger partial charge is 0.142 e. The Kier molecular flexibility index (Phi) is 1.61. The van der Waals surface area contributed by atoms with Crippen LogP contribution in [0.25, 0.3) is 0 Å². The van der Waals surface area contributed by atoms with Crippen molar-refractivity contribution in [3.63, 3.8) is 0 Å². The second-order valence-corrected chi connectivity index (χ2v) is 2.94. The van der Waals surface area contributed by atoms with E-state index in [0.29, 0.717) is 23.5 Å². The van der Waals surface area contributed by atoms with Gasteiger partial charge in [-0.05, 0) is 6.07 Å². The van der Waals surface area contributed by atoms with Gasteiger partial charge in [0, 0.05) is 11.6 Å². The molecule has 1 aliphatic heterocycles. The lowest BCUT2D eigenvalue weighted by atomic mass is 10.1. The number of hydrogen-bond donors (Lipinski definition) is 2. The lowest BCUT2D eigenvalue weighted by Gasteiger charge is -2.02. The lowest BCUT2D eigenvalue weighted by molar-refractivity contribution is 0.332. The number of rotatable bonds is 0. The van der Waals surface area contributed by atoms with Gasteiger partial charge in [0.1, 0.15) is 24.2 Å². The summed E-state index contributed by atoms with van der Waals surface area (Å²) in [6.45, 7) is 0.369. The molecule has 0 bridgehead atoms. The van der Waals surface area contributed by atoms with Crippen LogP contribution in [0.3, 0.4) is 0 Å². The molecule has 0 saturated carbocycles. The molecular weight excluding hydrogens is 168 g/mol. The number of nitrogens with two attached hydrogens (primary N) is 1. The Balaban J connectivity index is 2.65. The molecule has 2 rings (SSSR count). The zero-order valence-corrected chi connectivity index (χ0v) is 6.82. The first-order valence-corrected chi connectivity index (χ1v) is 3.87. The first kappa shape index (κ1) is 7.90. The molecule has 1 atom stereocenters. The van der Waals surface area contributed by atoms with Crippen LogP contribution >= 0.6 is 0 Å². The third-order valence-corrected chi connectivity index (χ3v) is 2.03. The molecule has 1 aromatic rings. The van der Waals surface area contributed by atoms with Crippen molar-refractivity contribution in [1.29, 1.82) is 5.26 Å². The van der Waals surface area contributed by atoms with E-state index in [1.807, 2.05) is 6.07 Å². The molecule has 1 aliphatic rings. The van der Waals surface area contributed by atoms with E-state index in [4.69, 9.17) is 15.7 Å². The maximum absolute atomic E-state index is 9.26. The van der Waals surface area contributed by atoms with Crippen LogP contribution in [0.4, 0.5) is 0 Å². The molecule has 0 unspecified atom stereocenters.